The van der Waals surface area contributed by atoms with Crippen LogP contribution in [-0.2, 0) is 3.83 Å². The van der Waals surface area contributed by atoms with E-state index in [1.807, 2.05) is 0 Å². The minimum absolute atomic E-state index is 0.811. The van der Waals surface area contributed by atoms with Crippen molar-refractivity contribution in [3.8, 4) is 0 Å². The van der Waals surface area contributed by atoms with E-state index in [4.69, 9.17) is 30.6 Å². The molecule has 0 unspecified atom stereocenters. The molecule has 0 aliphatic heterocycles. The second-order valence-corrected chi connectivity index (χ2v) is 3.82. The fourth-order valence-electron chi connectivity index (χ4n) is 0.718. The molecule has 8 heteroatoms. The van der Waals surface area contributed by atoms with Crippen molar-refractivity contribution in [1.82, 2.24) is 0 Å². The Morgan fingerprint density at radius 3 is 2.00 bits per heavy atom. The fraction of sp³-hybridized carbons (Fsp3) is 0.833. The summed E-state index contributed by atoms with van der Waals surface area (Å²) in [5.41, 5.74) is 0. The zero-order valence-corrected chi connectivity index (χ0v) is 8.73. The monoisotopic (exact) mass is 276 g/mol. The van der Waals surface area contributed by atoms with Crippen LogP contribution in [0, 0.1) is 0 Å². The van der Waals surface area contributed by atoms with Crippen LogP contribution >= 0.6 is 0 Å². The van der Waals surface area contributed by atoms with Gasteiger partial charge in [0.25, 0.3) is 0 Å². The molecule has 0 aromatic carbocycles. The third kappa shape index (κ3) is 3.60. The van der Waals surface area contributed by atoms with Crippen molar-refractivity contribution in [1.29, 1.82) is 0 Å². The molecule has 0 amide bonds. The Morgan fingerprint density at radius 1 is 1.14 bits per heavy atom. The van der Waals surface area contributed by atoms with Gasteiger partial charge >= 0.3 is 84.6 Å². The molecule has 0 spiro atoms. The Balaban J connectivity index is 4.45. The molecule has 0 bridgehead atoms. The van der Waals surface area contributed by atoms with Gasteiger partial charge in [-0.1, -0.05) is 0 Å². The van der Waals surface area contributed by atoms with Gasteiger partial charge in [0.15, 0.2) is 0 Å². The van der Waals surface area contributed by atoms with Crippen LogP contribution in [0.4, 0.5) is 0 Å². The Labute approximate surface area is 85.1 Å². The van der Waals surface area contributed by atoms with Gasteiger partial charge in [0.1, 0.15) is 0 Å². The van der Waals surface area contributed by atoms with Crippen molar-refractivity contribution < 1.29 is 34.5 Å². The molecule has 0 saturated carbocycles. The Kier molecular flexibility index (Phi) is 6.41. The second-order valence-electron chi connectivity index (χ2n) is 2.60. The molecule has 0 aromatic rings. The SMILES string of the molecule is O=[Se]=C(O)[C@H](O)[C@H](O)[C@H](O)[C@H](O)CO. The third-order valence-corrected chi connectivity index (χ3v) is 2.46. The molecule has 0 aliphatic rings. The molecule has 0 aromatic heterocycles. The predicted molar refractivity (Wildman–Crippen MR) is 44.5 cm³/mol. The van der Waals surface area contributed by atoms with E-state index in [-0.39, 0.29) is 0 Å². The molecular weight excluding hydrogens is 263 g/mol. The third-order valence-electron chi connectivity index (χ3n) is 1.59. The Hall–Kier alpha value is -0.0505. The van der Waals surface area contributed by atoms with Crippen molar-refractivity contribution in [3.63, 3.8) is 0 Å². The molecule has 84 valence electrons. The normalized spacial score (nSPS) is 19.6. The summed E-state index contributed by atoms with van der Waals surface area (Å²) in [6.45, 7) is -0.811. The van der Waals surface area contributed by atoms with Crippen molar-refractivity contribution in [2.75, 3.05) is 6.61 Å². The summed E-state index contributed by atoms with van der Waals surface area (Å²) < 4.78 is 9.27. The van der Waals surface area contributed by atoms with Crippen LogP contribution in [-0.4, -0.2) is 80.7 Å². The first-order valence-corrected chi connectivity index (χ1v) is 5.20. The van der Waals surface area contributed by atoms with Gasteiger partial charge in [-0.05, 0) is 0 Å². The maximum atomic E-state index is 10.1. The number of aliphatic hydroxyl groups is 6. The van der Waals surface area contributed by atoms with Crippen molar-refractivity contribution in [2.45, 2.75) is 24.4 Å². The zero-order chi connectivity index (χ0) is 11.3. The van der Waals surface area contributed by atoms with Gasteiger partial charge in [0.2, 0.25) is 0 Å². The number of rotatable bonds is 5. The number of hydrogen-bond acceptors (Lipinski definition) is 7. The molecule has 0 rings (SSSR count). The Morgan fingerprint density at radius 2 is 1.64 bits per heavy atom. The maximum absolute atomic E-state index is 10.1. The van der Waals surface area contributed by atoms with Gasteiger partial charge in [0, 0.05) is 0 Å². The second kappa shape index (κ2) is 6.44. The van der Waals surface area contributed by atoms with E-state index < -0.39 is 50.1 Å². The van der Waals surface area contributed by atoms with Crippen LogP contribution in [0.3, 0.4) is 0 Å². The summed E-state index contributed by atoms with van der Waals surface area (Å²) in [6, 6.07) is 0. The average molecular weight is 275 g/mol. The van der Waals surface area contributed by atoms with Gasteiger partial charge in [0.05, 0.1) is 0 Å². The molecule has 14 heavy (non-hydrogen) atoms. The van der Waals surface area contributed by atoms with E-state index in [0.29, 0.717) is 0 Å². The van der Waals surface area contributed by atoms with E-state index in [2.05, 4.69) is 0 Å². The molecule has 6 N–H and O–H groups in total. The summed E-state index contributed by atoms with van der Waals surface area (Å²) in [7, 11) is 0. The number of aliphatic hydroxyl groups excluding tert-OH is 6. The zero-order valence-electron chi connectivity index (χ0n) is 7.02. The van der Waals surface area contributed by atoms with Crippen LogP contribution in [0.5, 0.6) is 0 Å². The van der Waals surface area contributed by atoms with E-state index in [0.717, 1.165) is 0 Å². The first-order valence-electron chi connectivity index (χ1n) is 3.64. The summed E-state index contributed by atoms with van der Waals surface area (Å²) >= 11 is -1.63. The molecule has 4 atom stereocenters. The van der Waals surface area contributed by atoms with Gasteiger partial charge in [-0.15, -0.1) is 0 Å². The molecule has 0 fully saturated rings. The molecule has 0 radical (unpaired) electrons. The molecule has 0 aliphatic carbocycles. The van der Waals surface area contributed by atoms with Crippen LogP contribution in [0.1, 0.15) is 0 Å². The van der Waals surface area contributed by atoms with E-state index in [1.165, 1.54) is 0 Å². The predicted octanol–water partition coefficient (Wildman–Crippen LogP) is -4.03. The quantitative estimate of drug-likeness (QED) is 0.281. The molecule has 7 nitrogen and oxygen atoms in total. The first-order chi connectivity index (χ1) is 6.45. The van der Waals surface area contributed by atoms with Crippen LogP contribution in [0.25, 0.3) is 0 Å². The van der Waals surface area contributed by atoms with Gasteiger partial charge in [-0.2, -0.15) is 0 Å². The van der Waals surface area contributed by atoms with Gasteiger partial charge in [-0.25, -0.2) is 0 Å². The van der Waals surface area contributed by atoms with E-state index in [1.54, 1.807) is 0 Å². The van der Waals surface area contributed by atoms with Crippen molar-refractivity contribution in [2.24, 2.45) is 0 Å². The molecular formula is C6H12O7Se. The Bertz CT molecular complexity index is 226. The first kappa shape index (κ1) is 13.9. The number of hydrogen-bond donors (Lipinski definition) is 6. The van der Waals surface area contributed by atoms with Crippen molar-refractivity contribution >= 4 is 19.1 Å². The van der Waals surface area contributed by atoms with Crippen molar-refractivity contribution in [3.05, 3.63) is 0 Å². The topological polar surface area (TPSA) is 138 Å². The average Bonchev–Trinajstić information content (AvgIpc) is 2.23. The van der Waals surface area contributed by atoms with E-state index >= 15 is 0 Å². The summed E-state index contributed by atoms with van der Waals surface area (Å²) in [6.07, 6.45) is -7.30. The summed E-state index contributed by atoms with van der Waals surface area (Å²) in [5.74, 6) is 0. The molecule has 0 saturated heterocycles. The van der Waals surface area contributed by atoms with E-state index in [9.17, 15) is 3.83 Å². The fourth-order valence-corrected chi connectivity index (χ4v) is 1.22. The minimum atomic E-state index is -1.91. The standard InChI is InChI=1S/C6H12O7Se/c7-1-2(8)3(9)4(10)5(11)6(12)14-13/h2-5,7-12H,1H2/t2-,3-,4-,5-/m1/s1. The van der Waals surface area contributed by atoms with Gasteiger partial charge < -0.3 is 0 Å². The summed E-state index contributed by atoms with van der Waals surface area (Å²) in [4.78, 5) is 0. The van der Waals surface area contributed by atoms with Crippen LogP contribution in [0.2, 0.25) is 0 Å². The van der Waals surface area contributed by atoms with Gasteiger partial charge in [-0.3, -0.25) is 0 Å². The van der Waals surface area contributed by atoms with Crippen LogP contribution < -0.4 is 0 Å². The molecule has 0 heterocycles. The summed E-state index contributed by atoms with van der Waals surface area (Å²) in [5, 5.41) is 53.2. The van der Waals surface area contributed by atoms with Crippen LogP contribution in [0.15, 0.2) is 0 Å².